The topological polar surface area (TPSA) is 51.2 Å². The van der Waals surface area contributed by atoms with Gasteiger partial charge in [-0.3, -0.25) is 9.59 Å². The van der Waals surface area contributed by atoms with E-state index in [9.17, 15) is 14.4 Å². The van der Waals surface area contributed by atoms with Crippen LogP contribution in [-0.2, 0) is 14.4 Å². The van der Waals surface area contributed by atoms with Crippen LogP contribution < -0.4 is 0 Å². The van der Waals surface area contributed by atoms with E-state index in [1.165, 1.54) is 6.29 Å². The van der Waals surface area contributed by atoms with Crippen LogP contribution in [-0.4, -0.2) is 17.9 Å². The average Bonchev–Trinajstić information content (AvgIpc) is 2.72. The molecule has 5 saturated carbocycles. The average molecular weight is 455 g/mol. The first-order valence-electron chi connectivity index (χ1n) is 13.7. The van der Waals surface area contributed by atoms with Crippen LogP contribution in [0.3, 0.4) is 0 Å². The molecule has 8 atom stereocenters. The van der Waals surface area contributed by atoms with Gasteiger partial charge in [0.25, 0.3) is 0 Å². The SMILES string of the molecule is CC1(C)CC[C@]2(C=O)CC[C@]3(C)[C@H](C(=O)C[C@@H]4[C@@]5(C)CCC(=O)C(C)(C)[C@@H]5CC[C@]43C)[C@@H]2C1. The molecule has 0 aliphatic heterocycles. The summed E-state index contributed by atoms with van der Waals surface area (Å²) in [7, 11) is 0. The van der Waals surface area contributed by atoms with Crippen molar-refractivity contribution in [2.75, 3.05) is 0 Å². The van der Waals surface area contributed by atoms with Crippen LogP contribution >= 0.6 is 0 Å². The lowest BCUT2D eigenvalue weighted by atomic mass is 9.31. The maximum Gasteiger partial charge on any atom is 0.138 e. The first-order valence-corrected chi connectivity index (χ1v) is 13.7. The Bertz CT molecular complexity index is 900. The van der Waals surface area contributed by atoms with Crippen LogP contribution in [0.15, 0.2) is 0 Å². The Morgan fingerprint density at radius 3 is 2.12 bits per heavy atom. The fourth-order valence-corrected chi connectivity index (χ4v) is 10.8. The summed E-state index contributed by atoms with van der Waals surface area (Å²) in [6.07, 6.45) is 10.7. The minimum absolute atomic E-state index is 0.00987. The lowest BCUT2D eigenvalue weighted by molar-refractivity contribution is -0.231. The van der Waals surface area contributed by atoms with Crippen molar-refractivity contribution in [1.82, 2.24) is 0 Å². The van der Waals surface area contributed by atoms with E-state index < -0.39 is 0 Å². The van der Waals surface area contributed by atoms with E-state index in [1.807, 2.05) is 0 Å². The van der Waals surface area contributed by atoms with E-state index in [2.05, 4.69) is 48.5 Å². The normalized spacial score (nSPS) is 52.7. The Hall–Kier alpha value is -0.990. The summed E-state index contributed by atoms with van der Waals surface area (Å²) < 4.78 is 0. The molecule has 0 N–H and O–H groups in total. The number of aldehydes is 1. The lowest BCUT2D eigenvalue weighted by Crippen LogP contribution is -2.69. The highest BCUT2D eigenvalue weighted by atomic mass is 16.1. The Balaban J connectivity index is 1.59. The third-order valence-electron chi connectivity index (χ3n) is 13.1. The maximum atomic E-state index is 14.2. The second kappa shape index (κ2) is 6.82. The first-order chi connectivity index (χ1) is 15.2. The molecular weight excluding hydrogens is 408 g/mol. The molecule has 5 aliphatic rings. The van der Waals surface area contributed by atoms with Crippen LogP contribution in [0.4, 0.5) is 0 Å². The largest absolute Gasteiger partial charge is 0.303 e. The zero-order chi connectivity index (χ0) is 24.2. The highest BCUT2D eigenvalue weighted by molar-refractivity contribution is 5.87. The number of Topliss-reactive ketones (excluding diaryl/α,β-unsaturated/α-hetero) is 2. The summed E-state index contributed by atoms with van der Waals surface area (Å²) in [6, 6.07) is 0. The molecule has 0 unspecified atom stereocenters. The third-order valence-corrected chi connectivity index (χ3v) is 13.1. The molecule has 0 aromatic carbocycles. The van der Waals surface area contributed by atoms with Crippen LogP contribution in [0.25, 0.3) is 0 Å². The van der Waals surface area contributed by atoms with Gasteiger partial charge in [0.2, 0.25) is 0 Å². The molecule has 0 saturated heterocycles. The molecule has 0 bridgehead atoms. The highest BCUT2D eigenvalue weighted by Gasteiger charge is 2.72. The Morgan fingerprint density at radius 1 is 0.788 bits per heavy atom. The highest BCUT2D eigenvalue weighted by Crippen LogP contribution is 2.75. The van der Waals surface area contributed by atoms with Gasteiger partial charge in [-0.2, -0.15) is 0 Å². The molecule has 0 amide bonds. The zero-order valence-corrected chi connectivity index (χ0v) is 22.2. The van der Waals surface area contributed by atoms with Crippen LogP contribution in [0.2, 0.25) is 0 Å². The second-order valence-corrected chi connectivity index (χ2v) is 15.1. The summed E-state index contributed by atoms with van der Waals surface area (Å²) in [5.74, 6) is 1.75. The molecule has 3 heteroatoms. The lowest BCUT2D eigenvalue weighted by Gasteiger charge is -2.72. The molecular formula is C30H46O3. The smallest absolute Gasteiger partial charge is 0.138 e. The van der Waals surface area contributed by atoms with Gasteiger partial charge in [-0.05, 0) is 90.8 Å². The van der Waals surface area contributed by atoms with Crippen molar-refractivity contribution >= 4 is 17.9 Å². The summed E-state index contributed by atoms with van der Waals surface area (Å²) in [4.78, 5) is 39.7. The van der Waals surface area contributed by atoms with Crippen molar-refractivity contribution in [3.63, 3.8) is 0 Å². The monoisotopic (exact) mass is 454 g/mol. The molecule has 5 aliphatic carbocycles. The fraction of sp³-hybridized carbons (Fsp3) is 0.900. The van der Waals surface area contributed by atoms with Gasteiger partial charge in [-0.15, -0.1) is 0 Å². The summed E-state index contributed by atoms with van der Waals surface area (Å²) >= 11 is 0. The quantitative estimate of drug-likeness (QED) is 0.409. The van der Waals surface area contributed by atoms with Gasteiger partial charge in [-0.25, -0.2) is 0 Å². The number of hydrogen-bond acceptors (Lipinski definition) is 3. The molecule has 0 aromatic rings. The minimum Gasteiger partial charge on any atom is -0.303 e. The molecule has 184 valence electrons. The second-order valence-electron chi connectivity index (χ2n) is 15.1. The summed E-state index contributed by atoms with van der Waals surface area (Å²) in [5.41, 5.74) is -0.314. The maximum absolute atomic E-state index is 14.2. The molecule has 0 aromatic heterocycles. The van der Waals surface area contributed by atoms with E-state index >= 15 is 0 Å². The number of fused-ring (bicyclic) bond motifs is 7. The van der Waals surface area contributed by atoms with E-state index in [1.54, 1.807) is 0 Å². The van der Waals surface area contributed by atoms with E-state index in [0.29, 0.717) is 36.2 Å². The number of carbonyl (C=O) groups is 3. The van der Waals surface area contributed by atoms with Crippen LogP contribution in [0.5, 0.6) is 0 Å². The van der Waals surface area contributed by atoms with Gasteiger partial charge in [-0.1, -0.05) is 48.5 Å². The molecule has 5 rings (SSSR count). The van der Waals surface area contributed by atoms with Gasteiger partial charge in [0.1, 0.15) is 17.9 Å². The van der Waals surface area contributed by atoms with Crippen LogP contribution in [0, 0.1) is 56.2 Å². The van der Waals surface area contributed by atoms with Crippen molar-refractivity contribution in [2.24, 2.45) is 56.2 Å². The Labute approximate surface area is 201 Å². The molecule has 0 spiro atoms. The summed E-state index contributed by atoms with van der Waals surface area (Å²) in [6.45, 7) is 16.4. The van der Waals surface area contributed by atoms with E-state index in [4.69, 9.17) is 0 Å². The molecule has 0 heterocycles. The zero-order valence-electron chi connectivity index (χ0n) is 22.2. The number of hydrogen-bond donors (Lipinski definition) is 0. The minimum atomic E-state index is -0.293. The van der Waals surface area contributed by atoms with Crippen molar-refractivity contribution in [3.8, 4) is 0 Å². The third kappa shape index (κ3) is 2.83. The fourth-order valence-electron chi connectivity index (χ4n) is 10.8. The van der Waals surface area contributed by atoms with Crippen molar-refractivity contribution in [3.05, 3.63) is 0 Å². The standard InChI is InChI=1S/C30H46O3/c1-25(2)12-14-30(18-31)15-13-29(7)24(19(30)17-25)20(32)16-22-27(5)10-9-23(33)26(3,4)21(27)8-11-28(22,29)6/h18-19,21-22,24H,8-17H2,1-7H3/t19-,21-,22+,24-,27-,28+,29+,30+/m0/s1. The Kier molecular flexibility index (Phi) is 4.90. The number of rotatable bonds is 1. The molecule has 33 heavy (non-hydrogen) atoms. The predicted molar refractivity (Wildman–Crippen MR) is 131 cm³/mol. The van der Waals surface area contributed by atoms with Crippen LogP contribution in [0.1, 0.15) is 113 Å². The molecule has 3 nitrogen and oxygen atoms in total. The van der Waals surface area contributed by atoms with Gasteiger partial charge in [0, 0.05) is 29.6 Å². The predicted octanol–water partition coefficient (Wildman–Crippen LogP) is 6.82. The Morgan fingerprint density at radius 2 is 1.45 bits per heavy atom. The van der Waals surface area contributed by atoms with Gasteiger partial charge in [0.05, 0.1) is 0 Å². The first kappa shape index (κ1) is 23.7. The van der Waals surface area contributed by atoms with Crippen molar-refractivity contribution in [2.45, 2.75) is 113 Å². The summed E-state index contributed by atoms with van der Waals surface area (Å²) in [5, 5.41) is 0. The number of ketones is 2. The van der Waals surface area contributed by atoms with Gasteiger partial charge in [0.15, 0.2) is 0 Å². The molecule has 0 radical (unpaired) electrons. The molecule has 5 fully saturated rings. The van der Waals surface area contributed by atoms with E-state index in [-0.39, 0.29) is 44.3 Å². The van der Waals surface area contributed by atoms with Crippen molar-refractivity contribution in [1.29, 1.82) is 0 Å². The van der Waals surface area contributed by atoms with Gasteiger partial charge < -0.3 is 4.79 Å². The van der Waals surface area contributed by atoms with Crippen molar-refractivity contribution < 1.29 is 14.4 Å². The van der Waals surface area contributed by atoms with E-state index in [0.717, 1.165) is 51.4 Å². The number of carbonyl (C=O) groups excluding carboxylic acids is 3. The van der Waals surface area contributed by atoms with Gasteiger partial charge >= 0.3 is 0 Å².